The van der Waals surface area contributed by atoms with Crippen molar-refractivity contribution in [2.45, 2.75) is 32.7 Å². The third-order valence-electron chi connectivity index (χ3n) is 5.19. The van der Waals surface area contributed by atoms with Gasteiger partial charge in [-0.3, -0.25) is 9.69 Å². The molecule has 0 bridgehead atoms. The molecule has 1 aliphatic heterocycles. The molecule has 0 radical (unpaired) electrons. The van der Waals surface area contributed by atoms with E-state index in [1.54, 1.807) is 0 Å². The minimum atomic E-state index is -0.642. The van der Waals surface area contributed by atoms with Crippen LogP contribution in [0.1, 0.15) is 31.9 Å². The average Bonchev–Trinajstić information content (AvgIpc) is 2.70. The summed E-state index contributed by atoms with van der Waals surface area (Å²) in [6.45, 7) is 10.7. The number of ether oxygens (including phenoxy) is 2. The highest BCUT2D eigenvalue weighted by Gasteiger charge is 2.31. The largest absolute Gasteiger partial charge is 0.465 e. The summed E-state index contributed by atoms with van der Waals surface area (Å²) in [5.41, 5.74) is 3.98. The summed E-state index contributed by atoms with van der Waals surface area (Å²) in [6, 6.07) is 16.9. The Kier molecular flexibility index (Phi) is 6.30. The first-order valence-corrected chi connectivity index (χ1v) is 9.68. The average molecular weight is 367 g/mol. The van der Waals surface area contributed by atoms with Crippen LogP contribution in [0.4, 0.5) is 0 Å². The monoisotopic (exact) mass is 367 g/mol. The molecule has 0 aromatic heterocycles. The fraction of sp³-hybridized carbons (Fsp3) is 0.435. The Morgan fingerprint density at radius 3 is 2.11 bits per heavy atom. The molecule has 1 heterocycles. The van der Waals surface area contributed by atoms with Crippen LogP contribution in [0.25, 0.3) is 11.1 Å². The number of nitrogens with zero attached hydrogens (tertiary/aromatic N) is 1. The van der Waals surface area contributed by atoms with E-state index in [-0.39, 0.29) is 5.97 Å². The molecule has 0 unspecified atom stereocenters. The first kappa shape index (κ1) is 19.6. The second-order valence-electron chi connectivity index (χ2n) is 7.51. The van der Waals surface area contributed by atoms with E-state index < -0.39 is 5.41 Å². The highest BCUT2D eigenvalue weighted by Crippen LogP contribution is 2.28. The molecule has 0 N–H and O–H groups in total. The molecule has 1 aliphatic rings. The van der Waals surface area contributed by atoms with Crippen molar-refractivity contribution in [2.75, 3.05) is 32.9 Å². The van der Waals surface area contributed by atoms with Crippen molar-refractivity contribution >= 4 is 5.97 Å². The second kappa shape index (κ2) is 8.68. The van der Waals surface area contributed by atoms with Crippen molar-refractivity contribution < 1.29 is 14.3 Å². The molecule has 0 spiro atoms. The van der Waals surface area contributed by atoms with Crippen LogP contribution in [0.2, 0.25) is 0 Å². The molecule has 0 atom stereocenters. The van der Waals surface area contributed by atoms with E-state index in [4.69, 9.17) is 9.47 Å². The molecule has 4 nitrogen and oxygen atoms in total. The summed E-state index contributed by atoms with van der Waals surface area (Å²) < 4.78 is 10.6. The Bertz CT molecular complexity index is 744. The number of carbonyl (C=O) groups is 1. The lowest BCUT2D eigenvalue weighted by molar-refractivity contribution is -0.148. The van der Waals surface area contributed by atoms with Gasteiger partial charge in [-0.25, -0.2) is 0 Å². The Labute approximate surface area is 162 Å². The van der Waals surface area contributed by atoms with Gasteiger partial charge in [-0.1, -0.05) is 48.5 Å². The van der Waals surface area contributed by atoms with Gasteiger partial charge in [0.05, 0.1) is 25.2 Å². The Morgan fingerprint density at radius 1 is 1.00 bits per heavy atom. The van der Waals surface area contributed by atoms with Crippen LogP contribution in [0, 0.1) is 0 Å². The zero-order valence-corrected chi connectivity index (χ0v) is 16.5. The third-order valence-corrected chi connectivity index (χ3v) is 5.19. The summed E-state index contributed by atoms with van der Waals surface area (Å²) in [5, 5.41) is 0. The van der Waals surface area contributed by atoms with E-state index in [1.165, 1.54) is 11.1 Å². The van der Waals surface area contributed by atoms with Crippen molar-refractivity contribution in [2.24, 2.45) is 0 Å². The summed E-state index contributed by atoms with van der Waals surface area (Å²) in [7, 11) is 0. The first-order chi connectivity index (χ1) is 13.0. The molecular weight excluding hydrogens is 338 g/mol. The van der Waals surface area contributed by atoms with Gasteiger partial charge in [0, 0.05) is 19.6 Å². The summed E-state index contributed by atoms with van der Waals surface area (Å²) in [4.78, 5) is 14.6. The highest BCUT2D eigenvalue weighted by molar-refractivity contribution is 5.82. The molecular formula is C23H29NO3. The van der Waals surface area contributed by atoms with Crippen LogP contribution in [0.5, 0.6) is 0 Å². The van der Waals surface area contributed by atoms with Gasteiger partial charge < -0.3 is 9.47 Å². The SMILES string of the molecule is CCOC(=O)C(C)(C)c1ccc(-c2ccc(CN3CCOCC3)cc2)cc1. The van der Waals surface area contributed by atoms with E-state index in [0.29, 0.717) is 6.61 Å². The standard InChI is InChI=1S/C23H29NO3/c1-4-27-22(25)23(2,3)21-11-9-20(10-12-21)19-7-5-18(6-8-19)17-24-13-15-26-16-14-24/h5-12H,4,13-17H2,1-3H3. The Morgan fingerprint density at radius 2 is 1.56 bits per heavy atom. The quantitative estimate of drug-likeness (QED) is 0.723. The summed E-state index contributed by atoms with van der Waals surface area (Å²) in [6.07, 6.45) is 0. The van der Waals surface area contributed by atoms with Gasteiger partial charge in [0.25, 0.3) is 0 Å². The zero-order chi connectivity index (χ0) is 19.3. The van der Waals surface area contributed by atoms with Crippen molar-refractivity contribution in [3.05, 3.63) is 59.7 Å². The smallest absolute Gasteiger partial charge is 0.315 e. The normalized spacial score (nSPS) is 15.5. The molecule has 4 heteroatoms. The number of rotatable bonds is 6. The molecule has 27 heavy (non-hydrogen) atoms. The number of carbonyl (C=O) groups excluding carboxylic acids is 1. The fourth-order valence-corrected chi connectivity index (χ4v) is 3.33. The number of esters is 1. The minimum absolute atomic E-state index is 0.190. The molecule has 2 aromatic rings. The Balaban J connectivity index is 1.68. The molecule has 1 saturated heterocycles. The van der Waals surface area contributed by atoms with Crippen molar-refractivity contribution in [1.82, 2.24) is 4.90 Å². The second-order valence-corrected chi connectivity index (χ2v) is 7.51. The van der Waals surface area contributed by atoms with Crippen LogP contribution >= 0.6 is 0 Å². The van der Waals surface area contributed by atoms with Gasteiger partial charge in [0.2, 0.25) is 0 Å². The van der Waals surface area contributed by atoms with Crippen LogP contribution < -0.4 is 0 Å². The maximum absolute atomic E-state index is 12.2. The number of hydrogen-bond acceptors (Lipinski definition) is 4. The molecule has 0 amide bonds. The lowest BCUT2D eigenvalue weighted by atomic mass is 9.84. The van der Waals surface area contributed by atoms with Gasteiger partial charge in [0.1, 0.15) is 0 Å². The fourth-order valence-electron chi connectivity index (χ4n) is 3.33. The summed E-state index contributed by atoms with van der Waals surface area (Å²) in [5.74, 6) is -0.190. The maximum Gasteiger partial charge on any atom is 0.315 e. The van der Waals surface area contributed by atoms with E-state index in [9.17, 15) is 4.79 Å². The highest BCUT2D eigenvalue weighted by atomic mass is 16.5. The predicted octanol–water partition coefficient (Wildman–Crippen LogP) is 4.03. The van der Waals surface area contributed by atoms with Crippen molar-refractivity contribution in [3.63, 3.8) is 0 Å². The van der Waals surface area contributed by atoms with Gasteiger partial charge in [-0.15, -0.1) is 0 Å². The van der Waals surface area contributed by atoms with E-state index in [1.807, 2.05) is 32.9 Å². The summed E-state index contributed by atoms with van der Waals surface area (Å²) >= 11 is 0. The van der Waals surface area contributed by atoms with Crippen molar-refractivity contribution in [3.8, 4) is 11.1 Å². The lowest BCUT2D eigenvalue weighted by Crippen LogP contribution is -2.35. The third kappa shape index (κ3) is 4.76. The van der Waals surface area contributed by atoms with Gasteiger partial charge in [-0.2, -0.15) is 0 Å². The number of morpholine rings is 1. The van der Waals surface area contributed by atoms with Crippen LogP contribution in [-0.4, -0.2) is 43.8 Å². The zero-order valence-electron chi connectivity index (χ0n) is 16.5. The van der Waals surface area contributed by atoms with E-state index >= 15 is 0 Å². The molecule has 144 valence electrons. The van der Waals surface area contributed by atoms with Gasteiger partial charge in [0.15, 0.2) is 0 Å². The van der Waals surface area contributed by atoms with E-state index in [0.717, 1.165) is 44.0 Å². The predicted molar refractivity (Wildman–Crippen MR) is 108 cm³/mol. The molecule has 1 fully saturated rings. The molecule has 2 aromatic carbocycles. The minimum Gasteiger partial charge on any atom is -0.465 e. The van der Waals surface area contributed by atoms with Crippen molar-refractivity contribution in [1.29, 1.82) is 0 Å². The molecule has 0 aliphatic carbocycles. The van der Waals surface area contributed by atoms with Gasteiger partial charge in [-0.05, 0) is 43.0 Å². The number of hydrogen-bond donors (Lipinski definition) is 0. The topological polar surface area (TPSA) is 38.8 Å². The van der Waals surface area contributed by atoms with Crippen LogP contribution in [-0.2, 0) is 26.2 Å². The molecule has 0 saturated carbocycles. The number of benzene rings is 2. The maximum atomic E-state index is 12.2. The van der Waals surface area contributed by atoms with Crippen LogP contribution in [0.3, 0.4) is 0 Å². The van der Waals surface area contributed by atoms with Gasteiger partial charge >= 0.3 is 5.97 Å². The Hall–Kier alpha value is -2.17. The van der Waals surface area contributed by atoms with Crippen LogP contribution in [0.15, 0.2) is 48.5 Å². The first-order valence-electron chi connectivity index (χ1n) is 9.68. The molecule has 3 rings (SSSR count). The van der Waals surface area contributed by atoms with E-state index in [2.05, 4.69) is 41.3 Å². The lowest BCUT2D eigenvalue weighted by Gasteiger charge is -2.26.